The van der Waals surface area contributed by atoms with Gasteiger partial charge in [0.1, 0.15) is 0 Å². The molecule has 0 aliphatic carbocycles. The number of nitrogens with zero attached hydrogens (tertiary/aromatic N) is 1. The Hall–Kier alpha value is -1.52. The summed E-state index contributed by atoms with van der Waals surface area (Å²) in [6.45, 7) is 2.84. The molecule has 0 radical (unpaired) electrons. The van der Waals surface area contributed by atoms with E-state index in [1.165, 1.54) is 0 Å². The highest BCUT2D eigenvalue weighted by atomic mass is 35.5. The summed E-state index contributed by atoms with van der Waals surface area (Å²) in [5.41, 5.74) is 1.69. The SMILES string of the molecule is O=C(O)/C=C/c1cccc(Cl)c1N1CCOCC1. The number of halogens is 1. The lowest BCUT2D eigenvalue weighted by Gasteiger charge is -2.30. The number of carboxylic acid groups (broad SMARTS) is 1. The second kappa shape index (κ2) is 5.89. The van der Waals surface area contributed by atoms with Gasteiger partial charge in [-0.1, -0.05) is 23.7 Å². The lowest BCUT2D eigenvalue weighted by molar-refractivity contribution is -0.131. The zero-order chi connectivity index (χ0) is 13.0. The summed E-state index contributed by atoms with van der Waals surface area (Å²) in [4.78, 5) is 12.7. The van der Waals surface area contributed by atoms with Crippen molar-refractivity contribution < 1.29 is 14.6 Å². The molecule has 0 amide bonds. The van der Waals surface area contributed by atoms with Gasteiger partial charge in [-0.3, -0.25) is 0 Å². The van der Waals surface area contributed by atoms with Gasteiger partial charge in [0.25, 0.3) is 0 Å². The van der Waals surface area contributed by atoms with Crippen LogP contribution in [0.4, 0.5) is 5.69 Å². The van der Waals surface area contributed by atoms with E-state index in [9.17, 15) is 4.79 Å². The zero-order valence-electron chi connectivity index (χ0n) is 9.80. The van der Waals surface area contributed by atoms with Crippen molar-refractivity contribution in [1.82, 2.24) is 0 Å². The van der Waals surface area contributed by atoms with Crippen molar-refractivity contribution >= 4 is 29.3 Å². The van der Waals surface area contributed by atoms with Crippen LogP contribution in [0.3, 0.4) is 0 Å². The van der Waals surface area contributed by atoms with Gasteiger partial charge in [-0.15, -0.1) is 0 Å². The number of para-hydroxylation sites is 1. The van der Waals surface area contributed by atoms with Crippen molar-refractivity contribution in [1.29, 1.82) is 0 Å². The highest BCUT2D eigenvalue weighted by Crippen LogP contribution is 2.31. The van der Waals surface area contributed by atoms with Gasteiger partial charge >= 0.3 is 5.97 Å². The molecule has 1 N–H and O–H groups in total. The molecule has 1 aromatic carbocycles. The predicted octanol–water partition coefficient (Wildman–Crippen LogP) is 2.27. The lowest BCUT2D eigenvalue weighted by Crippen LogP contribution is -2.36. The fraction of sp³-hybridized carbons (Fsp3) is 0.308. The molecule has 1 saturated heterocycles. The van der Waals surface area contributed by atoms with E-state index < -0.39 is 5.97 Å². The number of hydrogen-bond donors (Lipinski definition) is 1. The summed E-state index contributed by atoms with van der Waals surface area (Å²) in [5, 5.41) is 9.32. The van der Waals surface area contributed by atoms with E-state index in [1.54, 1.807) is 6.08 Å². The molecule has 0 spiro atoms. The molecule has 1 aromatic rings. The Morgan fingerprint density at radius 1 is 1.39 bits per heavy atom. The topological polar surface area (TPSA) is 49.8 Å². The third kappa shape index (κ3) is 3.03. The van der Waals surface area contributed by atoms with Gasteiger partial charge in [-0.25, -0.2) is 4.79 Å². The number of benzene rings is 1. The first-order valence-electron chi connectivity index (χ1n) is 5.70. The van der Waals surface area contributed by atoms with Crippen molar-refractivity contribution in [2.75, 3.05) is 31.2 Å². The standard InChI is InChI=1S/C13H14ClNO3/c14-11-3-1-2-10(4-5-12(16)17)13(11)15-6-8-18-9-7-15/h1-5H,6-9H2,(H,16,17)/b5-4+. The van der Waals surface area contributed by atoms with Crippen LogP contribution in [0.25, 0.3) is 6.08 Å². The minimum absolute atomic E-state index is 0.629. The molecule has 0 unspecified atom stereocenters. The van der Waals surface area contributed by atoms with E-state index in [4.69, 9.17) is 21.4 Å². The van der Waals surface area contributed by atoms with Gasteiger partial charge in [0.05, 0.1) is 23.9 Å². The average molecular weight is 268 g/mol. The van der Waals surface area contributed by atoms with Crippen LogP contribution in [0, 0.1) is 0 Å². The maximum atomic E-state index is 10.6. The summed E-state index contributed by atoms with van der Waals surface area (Å²) in [6, 6.07) is 5.48. The molecule has 5 heteroatoms. The van der Waals surface area contributed by atoms with Crippen LogP contribution >= 0.6 is 11.6 Å². The first-order valence-corrected chi connectivity index (χ1v) is 6.08. The van der Waals surface area contributed by atoms with Crippen LogP contribution in [-0.4, -0.2) is 37.4 Å². The second-order valence-electron chi connectivity index (χ2n) is 3.95. The monoisotopic (exact) mass is 267 g/mol. The fourth-order valence-corrected chi connectivity index (χ4v) is 2.25. The third-order valence-electron chi connectivity index (χ3n) is 2.75. The van der Waals surface area contributed by atoms with Crippen LogP contribution in [0.1, 0.15) is 5.56 Å². The largest absolute Gasteiger partial charge is 0.478 e. The van der Waals surface area contributed by atoms with E-state index in [1.807, 2.05) is 18.2 Å². The van der Waals surface area contributed by atoms with Gasteiger partial charge in [-0.2, -0.15) is 0 Å². The summed E-state index contributed by atoms with van der Waals surface area (Å²) in [6.07, 6.45) is 2.69. The number of hydrogen-bond acceptors (Lipinski definition) is 3. The molecule has 0 atom stereocenters. The molecule has 96 valence electrons. The quantitative estimate of drug-likeness (QED) is 0.854. The summed E-state index contributed by atoms with van der Waals surface area (Å²) < 4.78 is 5.30. The minimum Gasteiger partial charge on any atom is -0.478 e. The Bertz CT molecular complexity index is 467. The molecule has 0 aromatic heterocycles. The number of ether oxygens (including phenoxy) is 1. The molecule has 2 rings (SSSR count). The third-order valence-corrected chi connectivity index (χ3v) is 3.06. The number of morpholine rings is 1. The molecule has 1 fully saturated rings. The highest BCUT2D eigenvalue weighted by Gasteiger charge is 2.16. The van der Waals surface area contributed by atoms with Crippen molar-refractivity contribution in [2.24, 2.45) is 0 Å². The maximum Gasteiger partial charge on any atom is 0.328 e. The maximum absolute atomic E-state index is 10.6. The van der Waals surface area contributed by atoms with Crippen LogP contribution in [0.5, 0.6) is 0 Å². The van der Waals surface area contributed by atoms with Gasteiger partial charge < -0.3 is 14.7 Å². The molecule has 4 nitrogen and oxygen atoms in total. The van der Waals surface area contributed by atoms with Crippen molar-refractivity contribution in [2.45, 2.75) is 0 Å². The zero-order valence-corrected chi connectivity index (χ0v) is 10.6. The number of carbonyl (C=O) groups is 1. The highest BCUT2D eigenvalue weighted by molar-refractivity contribution is 6.33. The summed E-state index contributed by atoms with van der Waals surface area (Å²) in [5.74, 6) is -0.970. The molecular formula is C13H14ClNO3. The van der Waals surface area contributed by atoms with Crippen LogP contribution < -0.4 is 4.90 Å². The molecule has 1 aliphatic rings. The van der Waals surface area contributed by atoms with E-state index in [0.29, 0.717) is 18.2 Å². The number of carboxylic acids is 1. The normalized spacial score (nSPS) is 16.2. The molecule has 0 saturated carbocycles. The first kappa shape index (κ1) is 12.9. The Balaban J connectivity index is 2.34. The van der Waals surface area contributed by atoms with Crippen LogP contribution in [-0.2, 0) is 9.53 Å². The van der Waals surface area contributed by atoms with Gasteiger partial charge in [0.2, 0.25) is 0 Å². The van der Waals surface area contributed by atoms with Gasteiger partial charge in [0.15, 0.2) is 0 Å². The molecule has 1 heterocycles. The van der Waals surface area contributed by atoms with Crippen molar-refractivity contribution in [3.05, 3.63) is 34.9 Å². The number of anilines is 1. The van der Waals surface area contributed by atoms with E-state index in [-0.39, 0.29) is 0 Å². The van der Waals surface area contributed by atoms with Gasteiger partial charge in [0, 0.05) is 19.2 Å². The van der Waals surface area contributed by atoms with Crippen LogP contribution in [0.15, 0.2) is 24.3 Å². The van der Waals surface area contributed by atoms with Crippen molar-refractivity contribution in [3.8, 4) is 0 Å². The second-order valence-corrected chi connectivity index (χ2v) is 4.36. The fourth-order valence-electron chi connectivity index (χ4n) is 1.95. The van der Waals surface area contributed by atoms with Crippen molar-refractivity contribution in [3.63, 3.8) is 0 Å². The lowest BCUT2D eigenvalue weighted by atomic mass is 10.1. The Kier molecular flexibility index (Phi) is 4.23. The number of rotatable bonds is 3. The number of aliphatic carboxylic acids is 1. The van der Waals surface area contributed by atoms with Gasteiger partial charge in [-0.05, 0) is 17.7 Å². The average Bonchev–Trinajstić information content (AvgIpc) is 2.37. The molecule has 0 bridgehead atoms. The predicted molar refractivity (Wildman–Crippen MR) is 71.2 cm³/mol. The smallest absolute Gasteiger partial charge is 0.328 e. The molecule has 18 heavy (non-hydrogen) atoms. The summed E-state index contributed by atoms with van der Waals surface area (Å²) >= 11 is 6.21. The van der Waals surface area contributed by atoms with E-state index in [2.05, 4.69) is 4.90 Å². The Morgan fingerprint density at radius 2 is 2.11 bits per heavy atom. The first-order chi connectivity index (χ1) is 8.68. The van der Waals surface area contributed by atoms with E-state index >= 15 is 0 Å². The summed E-state index contributed by atoms with van der Waals surface area (Å²) in [7, 11) is 0. The minimum atomic E-state index is -0.970. The molecular weight excluding hydrogens is 254 g/mol. The Labute approximate surface area is 110 Å². The Morgan fingerprint density at radius 3 is 2.78 bits per heavy atom. The molecule has 1 aliphatic heterocycles. The van der Waals surface area contributed by atoms with E-state index in [0.717, 1.165) is 30.4 Å². The van der Waals surface area contributed by atoms with Crippen LogP contribution in [0.2, 0.25) is 5.02 Å².